The number of halogens is 1. The number of carbonyl (C=O) groups excluding carboxylic acids is 4. The average molecular weight is 518 g/mol. The number of Topliss-reactive ketones (excluding diaryl/α,β-unsaturated/α-hetero) is 1. The van der Waals surface area contributed by atoms with E-state index in [0.717, 1.165) is 4.90 Å². The van der Waals surface area contributed by atoms with Crippen molar-refractivity contribution in [3.05, 3.63) is 114 Å². The molecular formula is C28H24FN3O6. The fraction of sp³-hybridized carbons (Fsp3) is 0.143. The molecule has 2 aromatic carbocycles. The number of rotatable bonds is 10. The summed E-state index contributed by atoms with van der Waals surface area (Å²) in [6, 6.07) is 16.4. The number of hydrogen-bond donors (Lipinski definition) is 2. The van der Waals surface area contributed by atoms with Crippen LogP contribution in [0.1, 0.15) is 45.2 Å². The molecule has 38 heavy (non-hydrogen) atoms. The zero-order chi connectivity index (χ0) is 27.1. The molecule has 0 fully saturated rings. The standard InChI is InChI=1S/C28H24FN3O6/c1-18(33)19-10-12-20(13-11-19)32(25(34)17-31-27(35)24-9-5-15-38-24)26(22-7-2-3-8-23(22)29)28(36)30-16-21-6-4-14-37-21/h2-15,26H,16-17H2,1H3,(H,30,36)(H,31,35). The van der Waals surface area contributed by atoms with E-state index >= 15 is 4.39 Å². The molecule has 0 saturated carbocycles. The lowest BCUT2D eigenvalue weighted by atomic mass is 10.0. The van der Waals surface area contributed by atoms with Crippen LogP contribution in [0.15, 0.2) is 94.2 Å². The van der Waals surface area contributed by atoms with Crippen molar-refractivity contribution in [2.45, 2.75) is 19.5 Å². The Morgan fingerprint density at radius 2 is 1.58 bits per heavy atom. The highest BCUT2D eigenvalue weighted by atomic mass is 19.1. The quantitative estimate of drug-likeness (QED) is 0.306. The van der Waals surface area contributed by atoms with Gasteiger partial charge >= 0.3 is 0 Å². The zero-order valence-electron chi connectivity index (χ0n) is 20.3. The first-order valence-electron chi connectivity index (χ1n) is 11.6. The van der Waals surface area contributed by atoms with E-state index in [2.05, 4.69) is 10.6 Å². The second-order valence-corrected chi connectivity index (χ2v) is 8.25. The average Bonchev–Trinajstić information content (AvgIpc) is 3.64. The molecule has 1 atom stereocenters. The van der Waals surface area contributed by atoms with Gasteiger partial charge in [0.05, 0.1) is 25.6 Å². The van der Waals surface area contributed by atoms with Gasteiger partial charge in [-0.05, 0) is 61.5 Å². The summed E-state index contributed by atoms with van der Waals surface area (Å²) in [6.07, 6.45) is 2.77. The molecule has 9 nitrogen and oxygen atoms in total. The molecule has 1 unspecified atom stereocenters. The van der Waals surface area contributed by atoms with E-state index in [0.29, 0.717) is 11.3 Å². The van der Waals surface area contributed by atoms with Crippen LogP contribution in [0.3, 0.4) is 0 Å². The highest BCUT2D eigenvalue weighted by Crippen LogP contribution is 2.30. The van der Waals surface area contributed by atoms with Crippen LogP contribution in [0.25, 0.3) is 0 Å². The number of hydrogen-bond acceptors (Lipinski definition) is 6. The number of ketones is 1. The van der Waals surface area contributed by atoms with Gasteiger partial charge in [-0.2, -0.15) is 0 Å². The summed E-state index contributed by atoms with van der Waals surface area (Å²) in [7, 11) is 0. The van der Waals surface area contributed by atoms with Gasteiger partial charge < -0.3 is 19.5 Å². The maximum atomic E-state index is 15.1. The molecular weight excluding hydrogens is 493 g/mol. The molecule has 10 heteroatoms. The number of carbonyl (C=O) groups is 4. The maximum absolute atomic E-state index is 15.1. The van der Waals surface area contributed by atoms with Crippen LogP contribution >= 0.6 is 0 Å². The van der Waals surface area contributed by atoms with E-state index in [-0.39, 0.29) is 29.3 Å². The van der Waals surface area contributed by atoms with Crippen LogP contribution in [-0.4, -0.2) is 30.0 Å². The molecule has 0 aliphatic heterocycles. The van der Waals surface area contributed by atoms with Gasteiger partial charge in [-0.25, -0.2) is 4.39 Å². The maximum Gasteiger partial charge on any atom is 0.287 e. The summed E-state index contributed by atoms with van der Waals surface area (Å²) in [5.74, 6) is -2.47. The summed E-state index contributed by atoms with van der Waals surface area (Å²) in [6.45, 7) is 0.869. The lowest BCUT2D eigenvalue weighted by Gasteiger charge is -2.32. The van der Waals surface area contributed by atoms with Gasteiger partial charge in [-0.3, -0.25) is 24.1 Å². The summed E-state index contributed by atoms with van der Waals surface area (Å²) in [5.41, 5.74) is 0.538. The summed E-state index contributed by atoms with van der Waals surface area (Å²) < 4.78 is 25.4. The van der Waals surface area contributed by atoms with Crippen LogP contribution in [0.5, 0.6) is 0 Å². The van der Waals surface area contributed by atoms with Crippen LogP contribution in [-0.2, 0) is 16.1 Å². The predicted molar refractivity (Wildman–Crippen MR) is 135 cm³/mol. The van der Waals surface area contributed by atoms with Gasteiger partial charge in [0.25, 0.3) is 5.91 Å². The Balaban J connectivity index is 1.71. The number of amides is 3. The molecule has 0 saturated heterocycles. The van der Waals surface area contributed by atoms with Crippen molar-refractivity contribution in [1.29, 1.82) is 0 Å². The minimum absolute atomic E-state index is 0.00266. The third-order valence-electron chi connectivity index (χ3n) is 5.69. The third-order valence-corrected chi connectivity index (χ3v) is 5.69. The van der Waals surface area contributed by atoms with Crippen molar-refractivity contribution in [2.24, 2.45) is 0 Å². The minimum Gasteiger partial charge on any atom is -0.467 e. The van der Waals surface area contributed by atoms with Crippen molar-refractivity contribution in [2.75, 3.05) is 11.4 Å². The van der Waals surface area contributed by atoms with Gasteiger partial charge in [0.1, 0.15) is 17.6 Å². The van der Waals surface area contributed by atoms with Crippen LogP contribution in [0.4, 0.5) is 10.1 Å². The van der Waals surface area contributed by atoms with E-state index in [1.807, 2.05) is 0 Å². The van der Waals surface area contributed by atoms with Gasteiger partial charge in [0, 0.05) is 16.8 Å². The van der Waals surface area contributed by atoms with Crippen molar-refractivity contribution in [3.63, 3.8) is 0 Å². The van der Waals surface area contributed by atoms with Gasteiger partial charge in [0.2, 0.25) is 11.8 Å². The van der Waals surface area contributed by atoms with Crippen LogP contribution in [0, 0.1) is 5.82 Å². The van der Waals surface area contributed by atoms with Crippen molar-refractivity contribution in [3.8, 4) is 0 Å². The normalized spacial score (nSPS) is 11.4. The highest BCUT2D eigenvalue weighted by Gasteiger charge is 2.34. The number of nitrogens with zero attached hydrogens (tertiary/aromatic N) is 1. The molecule has 0 aliphatic carbocycles. The van der Waals surface area contributed by atoms with Crippen molar-refractivity contribution >= 4 is 29.2 Å². The first-order valence-corrected chi connectivity index (χ1v) is 11.6. The van der Waals surface area contributed by atoms with E-state index in [1.54, 1.807) is 18.2 Å². The highest BCUT2D eigenvalue weighted by molar-refractivity contribution is 6.04. The lowest BCUT2D eigenvalue weighted by Crippen LogP contribution is -2.47. The lowest BCUT2D eigenvalue weighted by molar-refractivity contribution is -0.126. The molecule has 4 aromatic rings. The van der Waals surface area contributed by atoms with Gasteiger partial charge in [-0.15, -0.1) is 0 Å². The summed E-state index contributed by atoms with van der Waals surface area (Å²) in [4.78, 5) is 52.4. The molecule has 194 valence electrons. The monoisotopic (exact) mass is 517 g/mol. The minimum atomic E-state index is -1.46. The SMILES string of the molecule is CC(=O)c1ccc(N(C(=O)CNC(=O)c2ccco2)C(C(=O)NCc2ccco2)c2ccccc2F)cc1. The Kier molecular flexibility index (Phi) is 8.12. The fourth-order valence-electron chi connectivity index (χ4n) is 3.81. The summed E-state index contributed by atoms with van der Waals surface area (Å²) >= 11 is 0. The Hall–Kier alpha value is -4.99. The van der Waals surface area contributed by atoms with Gasteiger partial charge in [0.15, 0.2) is 11.5 Å². The molecule has 0 aliphatic rings. The Labute approximate surface area is 217 Å². The molecule has 2 aromatic heterocycles. The predicted octanol–water partition coefficient (Wildman–Crippen LogP) is 4.04. The third kappa shape index (κ3) is 6.04. The van der Waals surface area contributed by atoms with Crippen LogP contribution < -0.4 is 15.5 Å². The molecule has 2 heterocycles. The van der Waals surface area contributed by atoms with Gasteiger partial charge in [-0.1, -0.05) is 18.2 Å². The Morgan fingerprint density at radius 1 is 0.868 bits per heavy atom. The van der Waals surface area contributed by atoms with Crippen molar-refractivity contribution < 1.29 is 32.4 Å². The summed E-state index contributed by atoms with van der Waals surface area (Å²) in [5, 5.41) is 5.14. The first-order chi connectivity index (χ1) is 18.3. The van der Waals surface area contributed by atoms with Crippen molar-refractivity contribution in [1.82, 2.24) is 10.6 Å². The molecule has 4 rings (SSSR count). The molecule has 0 spiro atoms. The molecule has 0 radical (unpaired) electrons. The van der Waals surface area contributed by atoms with E-state index in [1.165, 1.54) is 74.0 Å². The zero-order valence-corrected chi connectivity index (χ0v) is 20.3. The van der Waals surface area contributed by atoms with E-state index in [4.69, 9.17) is 8.83 Å². The number of benzene rings is 2. The molecule has 2 N–H and O–H groups in total. The van der Waals surface area contributed by atoms with E-state index < -0.39 is 36.1 Å². The largest absolute Gasteiger partial charge is 0.467 e. The Morgan fingerprint density at radius 3 is 2.21 bits per heavy atom. The van der Waals surface area contributed by atoms with E-state index in [9.17, 15) is 19.2 Å². The molecule has 3 amide bonds. The fourth-order valence-corrected chi connectivity index (χ4v) is 3.81. The number of furan rings is 2. The number of anilines is 1. The molecule has 0 bridgehead atoms. The second-order valence-electron chi connectivity index (χ2n) is 8.25. The topological polar surface area (TPSA) is 122 Å². The first kappa shape index (κ1) is 26.1. The second kappa shape index (κ2) is 11.8. The number of nitrogens with one attached hydrogen (secondary N) is 2. The van der Waals surface area contributed by atoms with Crippen LogP contribution in [0.2, 0.25) is 0 Å². The smallest absolute Gasteiger partial charge is 0.287 e. The Bertz CT molecular complexity index is 1420.